The standard InChI is InChI=1S/C25H32N2O6/c1-17(23(29)31-5)26-22(28)21(27-24(30)32-16-19-9-7-6-8-10-19)15-18-11-13-20(14-12-18)33-25(2,3)4/h6-14,17,21H,15-16H2,1-5H3,(H,26,28)(H,27,30)/t17-,21-/m0/s1. The fraction of sp³-hybridized carbons (Fsp3) is 0.400. The molecule has 0 saturated carbocycles. The van der Waals surface area contributed by atoms with Crippen molar-refractivity contribution in [1.29, 1.82) is 0 Å². The highest BCUT2D eigenvalue weighted by molar-refractivity contribution is 5.89. The second kappa shape index (κ2) is 11.9. The number of nitrogens with one attached hydrogen (secondary N) is 2. The SMILES string of the molecule is COC(=O)[C@H](C)NC(=O)[C@H](Cc1ccc(OC(C)(C)C)cc1)NC(=O)OCc1ccccc1. The fourth-order valence-electron chi connectivity index (χ4n) is 2.95. The summed E-state index contributed by atoms with van der Waals surface area (Å²) < 4.78 is 15.7. The molecule has 0 heterocycles. The molecule has 33 heavy (non-hydrogen) atoms. The van der Waals surface area contributed by atoms with Gasteiger partial charge in [0.2, 0.25) is 5.91 Å². The highest BCUT2D eigenvalue weighted by atomic mass is 16.5. The van der Waals surface area contributed by atoms with Crippen LogP contribution in [0.4, 0.5) is 4.79 Å². The number of hydrogen-bond donors (Lipinski definition) is 2. The Kier molecular flexibility index (Phi) is 9.27. The Labute approximate surface area is 194 Å². The molecule has 2 atom stereocenters. The first kappa shape index (κ1) is 25.7. The van der Waals surface area contributed by atoms with Gasteiger partial charge in [-0.1, -0.05) is 42.5 Å². The van der Waals surface area contributed by atoms with E-state index in [0.717, 1.165) is 11.1 Å². The van der Waals surface area contributed by atoms with Gasteiger partial charge in [0.25, 0.3) is 0 Å². The van der Waals surface area contributed by atoms with Crippen LogP contribution in [-0.2, 0) is 32.1 Å². The summed E-state index contributed by atoms with van der Waals surface area (Å²) in [5, 5.41) is 5.16. The van der Waals surface area contributed by atoms with Gasteiger partial charge in [0.05, 0.1) is 7.11 Å². The van der Waals surface area contributed by atoms with Crippen LogP contribution in [0.2, 0.25) is 0 Å². The molecule has 0 aliphatic carbocycles. The summed E-state index contributed by atoms with van der Waals surface area (Å²) in [5.74, 6) is -0.418. The smallest absolute Gasteiger partial charge is 0.408 e. The first-order valence-electron chi connectivity index (χ1n) is 10.7. The lowest BCUT2D eigenvalue weighted by Crippen LogP contribution is -2.52. The number of carbonyl (C=O) groups is 3. The average molecular weight is 457 g/mol. The van der Waals surface area contributed by atoms with Crippen molar-refractivity contribution in [3.63, 3.8) is 0 Å². The summed E-state index contributed by atoms with van der Waals surface area (Å²) in [6.07, 6.45) is -0.548. The van der Waals surface area contributed by atoms with Gasteiger partial charge in [-0.2, -0.15) is 0 Å². The first-order chi connectivity index (χ1) is 15.6. The summed E-state index contributed by atoms with van der Waals surface area (Å²) >= 11 is 0. The Morgan fingerprint density at radius 2 is 1.55 bits per heavy atom. The molecule has 0 aromatic heterocycles. The van der Waals surface area contributed by atoms with Gasteiger partial charge in [-0.05, 0) is 51.0 Å². The molecule has 2 amide bonds. The number of hydrogen-bond acceptors (Lipinski definition) is 6. The van der Waals surface area contributed by atoms with E-state index in [0.29, 0.717) is 5.75 Å². The second-order valence-electron chi connectivity index (χ2n) is 8.57. The van der Waals surface area contributed by atoms with E-state index in [4.69, 9.17) is 9.47 Å². The fourth-order valence-corrected chi connectivity index (χ4v) is 2.95. The van der Waals surface area contributed by atoms with Crippen LogP contribution >= 0.6 is 0 Å². The van der Waals surface area contributed by atoms with Gasteiger partial charge < -0.3 is 24.8 Å². The molecule has 0 aliphatic heterocycles. The highest BCUT2D eigenvalue weighted by Crippen LogP contribution is 2.19. The minimum absolute atomic E-state index is 0.0679. The molecule has 2 rings (SSSR count). The molecule has 0 spiro atoms. The number of benzene rings is 2. The van der Waals surface area contributed by atoms with Crippen LogP contribution < -0.4 is 15.4 Å². The first-order valence-corrected chi connectivity index (χ1v) is 10.7. The molecular weight excluding hydrogens is 424 g/mol. The average Bonchev–Trinajstić information content (AvgIpc) is 2.77. The summed E-state index contributed by atoms with van der Waals surface area (Å²) in [7, 11) is 1.24. The lowest BCUT2D eigenvalue weighted by molar-refractivity contribution is -0.144. The van der Waals surface area contributed by atoms with E-state index < -0.39 is 30.1 Å². The molecule has 8 heteroatoms. The van der Waals surface area contributed by atoms with Crippen molar-refractivity contribution in [2.24, 2.45) is 0 Å². The minimum Gasteiger partial charge on any atom is -0.488 e. The van der Waals surface area contributed by atoms with Crippen molar-refractivity contribution in [1.82, 2.24) is 10.6 Å². The van der Waals surface area contributed by atoms with E-state index in [1.165, 1.54) is 14.0 Å². The zero-order valence-electron chi connectivity index (χ0n) is 19.7. The van der Waals surface area contributed by atoms with Crippen LogP contribution in [0.1, 0.15) is 38.8 Å². The molecule has 2 N–H and O–H groups in total. The van der Waals surface area contributed by atoms with E-state index in [1.807, 2.05) is 63.2 Å². The maximum absolute atomic E-state index is 12.8. The Morgan fingerprint density at radius 3 is 2.12 bits per heavy atom. The number of methoxy groups -OCH3 is 1. The molecule has 0 fully saturated rings. The van der Waals surface area contributed by atoms with Crippen LogP contribution in [0.15, 0.2) is 54.6 Å². The summed E-state index contributed by atoms with van der Waals surface area (Å²) in [6.45, 7) is 7.43. The van der Waals surface area contributed by atoms with E-state index in [1.54, 1.807) is 12.1 Å². The maximum atomic E-state index is 12.8. The van der Waals surface area contributed by atoms with E-state index in [-0.39, 0.29) is 18.6 Å². The summed E-state index contributed by atoms with van der Waals surface area (Å²) in [6, 6.07) is 14.6. The number of esters is 1. The van der Waals surface area contributed by atoms with Gasteiger partial charge in [-0.25, -0.2) is 9.59 Å². The van der Waals surface area contributed by atoms with E-state index >= 15 is 0 Å². The number of ether oxygens (including phenoxy) is 3. The molecule has 8 nitrogen and oxygen atoms in total. The van der Waals surface area contributed by atoms with Crippen LogP contribution in [0.3, 0.4) is 0 Å². The van der Waals surface area contributed by atoms with Crippen LogP contribution in [0.5, 0.6) is 5.75 Å². The molecular formula is C25H32N2O6. The zero-order valence-corrected chi connectivity index (χ0v) is 19.7. The van der Waals surface area contributed by atoms with Gasteiger partial charge in [-0.3, -0.25) is 4.79 Å². The second-order valence-corrected chi connectivity index (χ2v) is 8.57. The third-order valence-corrected chi connectivity index (χ3v) is 4.52. The molecule has 0 aliphatic rings. The molecule has 0 radical (unpaired) electrons. The number of carbonyl (C=O) groups excluding carboxylic acids is 3. The Balaban J connectivity index is 2.08. The van der Waals surface area contributed by atoms with Crippen molar-refractivity contribution in [3.05, 3.63) is 65.7 Å². The Morgan fingerprint density at radius 1 is 0.909 bits per heavy atom. The molecule has 0 saturated heterocycles. The van der Waals surface area contributed by atoms with Crippen molar-refractivity contribution in [3.8, 4) is 5.75 Å². The van der Waals surface area contributed by atoms with Crippen molar-refractivity contribution in [2.75, 3.05) is 7.11 Å². The van der Waals surface area contributed by atoms with Gasteiger partial charge in [0.1, 0.15) is 30.0 Å². The third-order valence-electron chi connectivity index (χ3n) is 4.52. The molecule has 0 unspecified atom stereocenters. The van der Waals surface area contributed by atoms with Crippen molar-refractivity contribution in [2.45, 2.75) is 58.4 Å². The zero-order chi connectivity index (χ0) is 24.4. The topological polar surface area (TPSA) is 103 Å². The van der Waals surface area contributed by atoms with E-state index in [9.17, 15) is 14.4 Å². The Bertz CT molecular complexity index is 922. The Hall–Kier alpha value is -3.55. The van der Waals surface area contributed by atoms with Gasteiger partial charge in [0.15, 0.2) is 0 Å². The monoisotopic (exact) mass is 456 g/mol. The molecule has 2 aromatic rings. The quantitative estimate of drug-likeness (QED) is 0.561. The lowest BCUT2D eigenvalue weighted by atomic mass is 10.0. The van der Waals surface area contributed by atoms with Crippen LogP contribution in [0.25, 0.3) is 0 Å². The van der Waals surface area contributed by atoms with Crippen LogP contribution in [0, 0.1) is 0 Å². The predicted molar refractivity (Wildman–Crippen MR) is 124 cm³/mol. The van der Waals surface area contributed by atoms with Crippen molar-refractivity contribution >= 4 is 18.0 Å². The largest absolute Gasteiger partial charge is 0.488 e. The van der Waals surface area contributed by atoms with Gasteiger partial charge in [0, 0.05) is 6.42 Å². The van der Waals surface area contributed by atoms with Gasteiger partial charge >= 0.3 is 12.1 Å². The maximum Gasteiger partial charge on any atom is 0.408 e. The molecule has 2 aromatic carbocycles. The number of amides is 2. The van der Waals surface area contributed by atoms with E-state index in [2.05, 4.69) is 15.4 Å². The summed E-state index contributed by atoms with van der Waals surface area (Å²) in [4.78, 5) is 36.9. The van der Waals surface area contributed by atoms with Gasteiger partial charge in [-0.15, -0.1) is 0 Å². The minimum atomic E-state index is -0.963. The third kappa shape index (κ3) is 9.22. The number of rotatable bonds is 9. The predicted octanol–water partition coefficient (Wildman–Crippen LogP) is 3.38. The molecule has 0 bridgehead atoms. The highest BCUT2D eigenvalue weighted by Gasteiger charge is 2.26. The normalized spacial score (nSPS) is 12.8. The van der Waals surface area contributed by atoms with Crippen molar-refractivity contribution < 1.29 is 28.6 Å². The molecule has 178 valence electrons. The number of alkyl carbamates (subject to hydrolysis) is 1. The lowest BCUT2D eigenvalue weighted by Gasteiger charge is -2.22. The summed E-state index contributed by atoms with van der Waals surface area (Å²) in [5.41, 5.74) is 1.28. The van der Waals surface area contributed by atoms with Crippen LogP contribution in [-0.4, -0.2) is 42.8 Å².